The van der Waals surface area contributed by atoms with Crippen molar-refractivity contribution in [1.29, 1.82) is 0 Å². The third kappa shape index (κ3) is 4.96. The number of hydrogen-bond acceptors (Lipinski definition) is 4. The maximum Gasteiger partial charge on any atom is 0.370 e. The monoisotopic (exact) mass is 418 g/mol. The number of carboxylic acids is 1. The van der Waals surface area contributed by atoms with Gasteiger partial charge >= 0.3 is 5.97 Å². The van der Waals surface area contributed by atoms with Gasteiger partial charge in [0.05, 0.1) is 6.61 Å². The van der Waals surface area contributed by atoms with Crippen molar-refractivity contribution in [3.63, 3.8) is 0 Å². The maximum absolute atomic E-state index is 11.2. The van der Waals surface area contributed by atoms with Crippen LogP contribution in [0.1, 0.15) is 30.7 Å². The molecule has 2 N–H and O–H groups in total. The molecule has 0 spiro atoms. The summed E-state index contributed by atoms with van der Waals surface area (Å²) in [5.41, 5.74) is 1.05. The third-order valence-corrected chi connectivity index (χ3v) is 4.14. The molecule has 22 heavy (non-hydrogen) atoms. The molecule has 1 aromatic carbocycles. The van der Waals surface area contributed by atoms with Crippen LogP contribution >= 0.6 is 22.6 Å². The number of ether oxygens (including phenoxy) is 2. The van der Waals surface area contributed by atoms with Gasteiger partial charge in [-0.2, -0.15) is 0 Å². The molecule has 2 rings (SSSR count). The van der Waals surface area contributed by atoms with Crippen LogP contribution in [-0.2, 0) is 14.3 Å². The first-order chi connectivity index (χ1) is 10.6. The van der Waals surface area contributed by atoms with E-state index in [4.69, 9.17) is 14.6 Å². The van der Waals surface area contributed by atoms with Gasteiger partial charge in [-0.05, 0) is 59.2 Å². The van der Waals surface area contributed by atoms with Crippen LogP contribution in [0.3, 0.4) is 0 Å². The Morgan fingerprint density at radius 3 is 2.68 bits per heavy atom. The lowest BCUT2D eigenvalue weighted by Gasteiger charge is -2.28. The first kappa shape index (κ1) is 17.2. The van der Waals surface area contributed by atoms with E-state index in [0.717, 1.165) is 15.6 Å². The molecular weight excluding hydrogens is 399 g/mol. The minimum absolute atomic E-state index is 0.0420. The van der Waals surface area contributed by atoms with Crippen LogP contribution in [0.5, 0.6) is 0 Å². The van der Waals surface area contributed by atoms with E-state index in [1.165, 1.54) is 0 Å². The highest BCUT2D eigenvalue weighted by molar-refractivity contribution is 14.1. The molecule has 1 aromatic rings. The lowest BCUT2D eigenvalue weighted by atomic mass is 9.93. The van der Waals surface area contributed by atoms with Crippen molar-refractivity contribution < 1.29 is 24.5 Å². The van der Waals surface area contributed by atoms with Gasteiger partial charge in [0.15, 0.2) is 0 Å². The topological polar surface area (TPSA) is 76.0 Å². The molecule has 2 atom stereocenters. The molecule has 1 heterocycles. The largest absolute Gasteiger partial charge is 0.475 e. The molecule has 0 saturated heterocycles. The quantitative estimate of drug-likeness (QED) is 0.526. The van der Waals surface area contributed by atoms with E-state index < -0.39 is 12.3 Å². The summed E-state index contributed by atoms with van der Waals surface area (Å²) in [5.74, 6) is -1.19. The van der Waals surface area contributed by atoms with Crippen LogP contribution in [0.15, 0.2) is 36.1 Å². The number of rotatable bonds is 7. The molecule has 0 bridgehead atoms. The summed E-state index contributed by atoms with van der Waals surface area (Å²) in [6.07, 6.45) is 3.03. The van der Waals surface area contributed by atoms with Crippen molar-refractivity contribution in [3.8, 4) is 0 Å². The number of unbranched alkanes of at least 4 members (excludes halogenated alkanes) is 1. The highest BCUT2D eigenvalue weighted by atomic mass is 127. The molecule has 0 fully saturated rings. The Kier molecular flexibility index (Phi) is 6.66. The fourth-order valence-electron chi connectivity index (χ4n) is 2.28. The van der Waals surface area contributed by atoms with E-state index in [1.807, 2.05) is 24.3 Å². The summed E-state index contributed by atoms with van der Waals surface area (Å²) in [4.78, 5) is 11.2. The lowest BCUT2D eigenvalue weighted by molar-refractivity contribution is -0.157. The standard InChI is InChI=1S/C16H19IO5/c17-13-5-3-11(4-6-13)12-9-14(16(19)20)22-15(10-12)21-8-2-1-7-18/h3-6,9,12,15,18H,1-2,7-8,10H2,(H,19,20)/t12-,15+/m0/s1. The van der Waals surface area contributed by atoms with Gasteiger partial charge < -0.3 is 19.7 Å². The zero-order valence-corrected chi connectivity index (χ0v) is 14.2. The zero-order valence-electron chi connectivity index (χ0n) is 12.1. The second-order valence-corrected chi connectivity index (χ2v) is 6.32. The SMILES string of the molecule is O=C(O)C1=C[C@H](c2ccc(I)cc2)C[C@H](OCCCCO)O1. The van der Waals surface area contributed by atoms with Crippen LogP contribution in [0.4, 0.5) is 0 Å². The first-order valence-corrected chi connectivity index (χ1v) is 8.27. The Labute approximate surface area is 143 Å². The Morgan fingerprint density at radius 1 is 1.32 bits per heavy atom. The number of halogens is 1. The normalized spacial score (nSPS) is 21.1. The zero-order chi connectivity index (χ0) is 15.9. The second kappa shape index (κ2) is 8.50. The molecule has 0 aliphatic carbocycles. The minimum Gasteiger partial charge on any atom is -0.475 e. The number of aliphatic hydroxyl groups excluding tert-OH is 1. The molecule has 5 nitrogen and oxygen atoms in total. The van der Waals surface area contributed by atoms with Gasteiger partial charge in [-0.15, -0.1) is 0 Å². The van der Waals surface area contributed by atoms with Gasteiger partial charge in [-0.1, -0.05) is 12.1 Å². The molecular formula is C16H19IO5. The van der Waals surface area contributed by atoms with E-state index in [0.29, 0.717) is 19.4 Å². The van der Waals surface area contributed by atoms with Crippen molar-refractivity contribution in [2.75, 3.05) is 13.2 Å². The minimum atomic E-state index is -1.08. The van der Waals surface area contributed by atoms with Gasteiger partial charge in [0.25, 0.3) is 0 Å². The Morgan fingerprint density at radius 2 is 2.05 bits per heavy atom. The van der Waals surface area contributed by atoms with Gasteiger partial charge in [0, 0.05) is 22.5 Å². The van der Waals surface area contributed by atoms with E-state index in [-0.39, 0.29) is 18.3 Å². The summed E-state index contributed by atoms with van der Waals surface area (Å²) in [5, 5.41) is 17.9. The highest BCUT2D eigenvalue weighted by Gasteiger charge is 2.28. The molecule has 1 aliphatic rings. The molecule has 0 radical (unpaired) electrons. The summed E-state index contributed by atoms with van der Waals surface area (Å²) in [6.45, 7) is 0.567. The number of carbonyl (C=O) groups is 1. The maximum atomic E-state index is 11.2. The number of carboxylic acid groups (broad SMARTS) is 1. The first-order valence-electron chi connectivity index (χ1n) is 7.20. The number of hydrogen-bond donors (Lipinski definition) is 2. The van der Waals surface area contributed by atoms with Crippen LogP contribution in [0, 0.1) is 3.57 Å². The average Bonchev–Trinajstić information content (AvgIpc) is 2.52. The summed E-state index contributed by atoms with van der Waals surface area (Å²) < 4.78 is 12.1. The van der Waals surface area contributed by atoms with Crippen molar-refractivity contribution >= 4 is 28.6 Å². The molecule has 0 saturated carbocycles. The predicted octanol–water partition coefficient (Wildman–Crippen LogP) is 2.88. The molecule has 1 aliphatic heterocycles. The van der Waals surface area contributed by atoms with E-state index in [9.17, 15) is 9.90 Å². The Hall–Kier alpha value is -1.12. The second-order valence-electron chi connectivity index (χ2n) is 5.08. The molecule has 120 valence electrons. The number of benzene rings is 1. The van der Waals surface area contributed by atoms with Crippen molar-refractivity contribution in [1.82, 2.24) is 0 Å². The lowest BCUT2D eigenvalue weighted by Crippen LogP contribution is -2.27. The molecule has 0 aromatic heterocycles. The molecule has 0 unspecified atom stereocenters. The number of allylic oxidation sites excluding steroid dienone is 1. The fourth-order valence-corrected chi connectivity index (χ4v) is 2.64. The summed E-state index contributed by atoms with van der Waals surface area (Å²) in [6, 6.07) is 7.99. The summed E-state index contributed by atoms with van der Waals surface area (Å²) in [7, 11) is 0. The fraction of sp³-hybridized carbons (Fsp3) is 0.438. The van der Waals surface area contributed by atoms with Crippen LogP contribution in [0.2, 0.25) is 0 Å². The Bertz CT molecular complexity index is 526. The van der Waals surface area contributed by atoms with Crippen LogP contribution in [0.25, 0.3) is 0 Å². The van der Waals surface area contributed by atoms with Crippen molar-refractivity contribution in [2.24, 2.45) is 0 Å². The Balaban J connectivity index is 2.06. The third-order valence-electron chi connectivity index (χ3n) is 3.42. The van der Waals surface area contributed by atoms with Gasteiger partial charge in [0.1, 0.15) is 0 Å². The van der Waals surface area contributed by atoms with Gasteiger partial charge in [-0.25, -0.2) is 4.79 Å². The van der Waals surface area contributed by atoms with Crippen LogP contribution < -0.4 is 0 Å². The van der Waals surface area contributed by atoms with Crippen LogP contribution in [-0.4, -0.2) is 35.7 Å². The van der Waals surface area contributed by atoms with Gasteiger partial charge in [-0.3, -0.25) is 0 Å². The summed E-state index contributed by atoms with van der Waals surface area (Å²) >= 11 is 2.23. The highest BCUT2D eigenvalue weighted by Crippen LogP contribution is 2.31. The van der Waals surface area contributed by atoms with Gasteiger partial charge in [0.2, 0.25) is 12.0 Å². The van der Waals surface area contributed by atoms with Crippen molar-refractivity contribution in [3.05, 3.63) is 45.2 Å². The molecule has 0 amide bonds. The van der Waals surface area contributed by atoms with E-state index in [2.05, 4.69) is 22.6 Å². The average molecular weight is 418 g/mol. The van der Waals surface area contributed by atoms with E-state index >= 15 is 0 Å². The smallest absolute Gasteiger partial charge is 0.370 e. The predicted molar refractivity (Wildman–Crippen MR) is 89.4 cm³/mol. The number of aliphatic hydroxyl groups is 1. The van der Waals surface area contributed by atoms with E-state index in [1.54, 1.807) is 6.08 Å². The number of aliphatic carboxylic acids is 1. The van der Waals surface area contributed by atoms with Crippen molar-refractivity contribution in [2.45, 2.75) is 31.5 Å². The molecule has 6 heteroatoms.